The topological polar surface area (TPSA) is 23.8 Å². The zero-order valence-corrected chi connectivity index (χ0v) is 5.63. The zero-order chi connectivity index (χ0) is 5.86. The summed E-state index contributed by atoms with van der Waals surface area (Å²) in [5.41, 5.74) is 0. The lowest BCUT2D eigenvalue weighted by Crippen LogP contribution is -1.63. The van der Waals surface area contributed by atoms with E-state index in [2.05, 4.69) is 25.3 Å². The number of rotatable bonds is 0. The fourth-order valence-corrected chi connectivity index (χ4v) is 0.131. The summed E-state index contributed by atoms with van der Waals surface area (Å²) in [4.78, 5) is 1.04. The first-order valence-corrected chi connectivity index (χ1v) is 2.57. The summed E-state index contributed by atoms with van der Waals surface area (Å²) in [6.07, 6.45) is 0. The fraction of sp³-hybridized carbons (Fsp3) is 0.250. The molecule has 0 aromatic rings. The molecule has 0 N–H and O–H groups in total. The maximum absolute atomic E-state index is 8.07. The van der Waals surface area contributed by atoms with Crippen molar-refractivity contribution < 1.29 is 0 Å². The van der Waals surface area contributed by atoms with Gasteiger partial charge in [-0.05, 0) is 6.92 Å². The Labute approximate surface area is 53.8 Å². The summed E-state index contributed by atoms with van der Waals surface area (Å²) < 4.78 is 0. The fourth-order valence-electron chi connectivity index (χ4n) is 0.0809. The molecule has 0 heterocycles. The maximum atomic E-state index is 8.07. The van der Waals surface area contributed by atoms with Crippen LogP contribution in [0.25, 0.3) is 0 Å². The van der Waals surface area contributed by atoms with E-state index in [0.717, 1.165) is 0 Å². The lowest BCUT2D eigenvalue weighted by atomic mass is 10.5. The van der Waals surface area contributed by atoms with Gasteiger partial charge in [-0.15, -0.1) is 25.3 Å². The highest BCUT2D eigenvalue weighted by molar-refractivity contribution is 7.88. The van der Waals surface area contributed by atoms with Gasteiger partial charge in [-0.1, -0.05) is 0 Å². The van der Waals surface area contributed by atoms with E-state index in [1.807, 2.05) is 6.07 Å². The summed E-state index contributed by atoms with van der Waals surface area (Å²) in [5, 5.41) is 8.07. The van der Waals surface area contributed by atoms with Gasteiger partial charge in [0.1, 0.15) is 6.07 Å². The van der Waals surface area contributed by atoms with Crippen LogP contribution < -0.4 is 0 Å². The van der Waals surface area contributed by atoms with Crippen LogP contribution in [-0.4, -0.2) is 0 Å². The molecule has 0 atom stereocenters. The molecule has 0 saturated carbocycles. The Morgan fingerprint density at radius 2 is 2.00 bits per heavy atom. The van der Waals surface area contributed by atoms with Crippen molar-refractivity contribution in [3.8, 4) is 6.07 Å². The van der Waals surface area contributed by atoms with Crippen molar-refractivity contribution in [3.05, 3.63) is 9.81 Å². The van der Waals surface area contributed by atoms with Crippen LogP contribution >= 0.6 is 25.3 Å². The zero-order valence-electron chi connectivity index (χ0n) is 3.84. The second-order valence-electron chi connectivity index (χ2n) is 1.05. The first kappa shape index (κ1) is 6.93. The van der Waals surface area contributed by atoms with Crippen molar-refractivity contribution in [2.75, 3.05) is 0 Å². The summed E-state index contributed by atoms with van der Waals surface area (Å²) in [7, 11) is 0. The number of allylic oxidation sites excluding steroid dienone is 2. The van der Waals surface area contributed by atoms with E-state index in [1.54, 1.807) is 6.92 Å². The van der Waals surface area contributed by atoms with E-state index < -0.39 is 0 Å². The Hall–Kier alpha value is -0.0700. The van der Waals surface area contributed by atoms with Crippen molar-refractivity contribution in [2.45, 2.75) is 6.92 Å². The van der Waals surface area contributed by atoms with Crippen LogP contribution in [0.3, 0.4) is 0 Å². The molecule has 0 unspecified atom stereocenters. The number of hydrogen-bond donors (Lipinski definition) is 2. The molecule has 0 amide bonds. The van der Waals surface area contributed by atoms with E-state index in [9.17, 15) is 0 Å². The number of nitrogens with zero attached hydrogens (tertiary/aromatic N) is 1. The summed E-state index contributed by atoms with van der Waals surface area (Å²) in [5.74, 6) is 0. The largest absolute Gasteiger partial charge is 0.192 e. The highest BCUT2D eigenvalue weighted by Crippen LogP contribution is 2.08. The molecule has 0 radical (unpaired) electrons. The molecule has 0 aliphatic rings. The molecule has 0 aromatic heterocycles. The van der Waals surface area contributed by atoms with Gasteiger partial charge in [0.15, 0.2) is 0 Å². The van der Waals surface area contributed by atoms with Crippen LogP contribution in [0.4, 0.5) is 0 Å². The minimum atomic E-state index is 0.378. The average molecular weight is 131 g/mol. The highest BCUT2D eigenvalue weighted by Gasteiger charge is 1.85. The molecule has 0 aliphatic carbocycles. The molecule has 7 heavy (non-hydrogen) atoms. The predicted molar refractivity (Wildman–Crippen MR) is 36.3 cm³/mol. The third-order valence-electron chi connectivity index (χ3n) is 0.449. The molecule has 38 valence electrons. The normalized spacial score (nSPS) is 12.3. The van der Waals surface area contributed by atoms with Gasteiger partial charge in [0.25, 0.3) is 0 Å². The van der Waals surface area contributed by atoms with Crippen LogP contribution in [0.5, 0.6) is 0 Å². The van der Waals surface area contributed by atoms with Gasteiger partial charge in [-0.3, -0.25) is 0 Å². The molecule has 0 aliphatic heterocycles. The van der Waals surface area contributed by atoms with Crippen molar-refractivity contribution in [2.24, 2.45) is 0 Å². The summed E-state index contributed by atoms with van der Waals surface area (Å²) in [6, 6.07) is 1.83. The van der Waals surface area contributed by atoms with E-state index >= 15 is 0 Å². The van der Waals surface area contributed by atoms with Gasteiger partial charge in [0.05, 0.1) is 4.91 Å². The Morgan fingerprint density at radius 1 is 1.57 bits per heavy atom. The van der Waals surface area contributed by atoms with Crippen LogP contribution in [-0.2, 0) is 0 Å². The molecule has 0 saturated heterocycles. The van der Waals surface area contributed by atoms with Gasteiger partial charge in [-0.25, -0.2) is 0 Å². The Kier molecular flexibility index (Phi) is 2.97. The van der Waals surface area contributed by atoms with Crippen LogP contribution in [0, 0.1) is 11.3 Å². The number of thiol groups is 2. The molecule has 0 aromatic carbocycles. The quantitative estimate of drug-likeness (QED) is 0.378. The first-order chi connectivity index (χ1) is 3.18. The van der Waals surface area contributed by atoms with Gasteiger partial charge in [0.2, 0.25) is 0 Å². The molecule has 0 bridgehead atoms. The van der Waals surface area contributed by atoms with E-state index in [1.165, 1.54) is 0 Å². The maximum Gasteiger partial charge on any atom is 0.107 e. The van der Waals surface area contributed by atoms with Gasteiger partial charge < -0.3 is 0 Å². The minimum Gasteiger partial charge on any atom is -0.192 e. The smallest absolute Gasteiger partial charge is 0.107 e. The van der Waals surface area contributed by atoms with Crippen molar-refractivity contribution >= 4 is 25.3 Å². The van der Waals surface area contributed by atoms with Crippen LogP contribution in [0.1, 0.15) is 6.92 Å². The van der Waals surface area contributed by atoms with Gasteiger partial charge in [0, 0.05) is 4.91 Å². The lowest BCUT2D eigenvalue weighted by Gasteiger charge is -1.82. The van der Waals surface area contributed by atoms with Crippen LogP contribution in [0.15, 0.2) is 9.81 Å². The van der Waals surface area contributed by atoms with Crippen LogP contribution in [0.2, 0.25) is 0 Å². The Balaban J connectivity index is 4.07. The van der Waals surface area contributed by atoms with E-state index in [0.29, 0.717) is 9.81 Å². The third-order valence-corrected chi connectivity index (χ3v) is 1.28. The minimum absolute atomic E-state index is 0.378. The average Bonchev–Trinajstić information content (AvgIpc) is 1.65. The second-order valence-corrected chi connectivity index (χ2v) is 2.16. The molecular formula is C4H5NS2. The molecule has 0 spiro atoms. The van der Waals surface area contributed by atoms with Gasteiger partial charge in [-0.2, -0.15) is 5.26 Å². The monoisotopic (exact) mass is 131 g/mol. The van der Waals surface area contributed by atoms with E-state index in [4.69, 9.17) is 5.26 Å². The molecular weight excluding hydrogens is 126 g/mol. The molecule has 0 fully saturated rings. The van der Waals surface area contributed by atoms with Crippen molar-refractivity contribution in [3.63, 3.8) is 0 Å². The molecule has 3 heteroatoms. The number of nitriles is 1. The van der Waals surface area contributed by atoms with Crippen molar-refractivity contribution in [1.29, 1.82) is 5.26 Å². The molecule has 0 rings (SSSR count). The first-order valence-electron chi connectivity index (χ1n) is 1.67. The highest BCUT2D eigenvalue weighted by atomic mass is 32.1. The number of hydrogen-bond acceptors (Lipinski definition) is 3. The molecule has 1 nitrogen and oxygen atoms in total. The lowest BCUT2D eigenvalue weighted by molar-refractivity contribution is 1.51. The second kappa shape index (κ2) is 3.00. The summed E-state index contributed by atoms with van der Waals surface area (Å²) >= 11 is 7.62. The predicted octanol–water partition coefficient (Wildman–Crippen LogP) is 1.60. The van der Waals surface area contributed by atoms with E-state index in [-0.39, 0.29) is 0 Å². The SMILES string of the molecule is C/C(S)=C(\S)C#N. The standard InChI is InChI=1S/C4H5NS2/c1-3(6)4(7)2-5/h6-7H,1H3/b4-3+. The third kappa shape index (κ3) is 2.60. The van der Waals surface area contributed by atoms with Crippen molar-refractivity contribution in [1.82, 2.24) is 0 Å². The Bertz CT molecular complexity index is 127. The van der Waals surface area contributed by atoms with Gasteiger partial charge >= 0.3 is 0 Å². The Morgan fingerprint density at radius 3 is 2.00 bits per heavy atom. The summed E-state index contributed by atoms with van der Waals surface area (Å²) in [6.45, 7) is 1.72.